The summed E-state index contributed by atoms with van der Waals surface area (Å²) in [6.07, 6.45) is -0.429. The Hall–Kier alpha value is -2.75. The lowest BCUT2D eigenvalue weighted by atomic mass is 9.77. The molecule has 2 aliphatic rings. The number of amides is 2. The molecular weight excluding hydrogens is 404 g/mol. The number of aliphatic hydroxyl groups excluding tert-OH is 2. The maximum Gasteiger partial charge on any atom is 0.290 e. The molecule has 0 saturated carbocycles. The molecule has 9 nitrogen and oxygen atoms in total. The molecule has 4 unspecified atom stereocenters. The van der Waals surface area contributed by atoms with Gasteiger partial charge in [0.1, 0.15) is 18.0 Å². The standard InChI is InChI=1S/C22H28N2O7/c1-3-16(26)22(29)24(9-11-30-2)15-12-14(21(28)23-8-10-25)18-13-6-4-5-7-17(13)31-20(18)19(15)27/h4-7,12,15,18-20,25,27H,3,8-11H2,1-2H3,(H,23,28). The highest BCUT2D eigenvalue weighted by Crippen LogP contribution is 2.47. The fourth-order valence-corrected chi connectivity index (χ4v) is 4.08. The van der Waals surface area contributed by atoms with Crippen LogP contribution in [0.15, 0.2) is 35.9 Å². The highest BCUT2D eigenvalue weighted by molar-refractivity contribution is 6.36. The molecule has 1 aliphatic carbocycles. The molecule has 3 N–H and O–H groups in total. The van der Waals surface area contributed by atoms with Crippen LogP contribution in [0, 0.1) is 0 Å². The number of para-hydroxylation sites is 1. The Morgan fingerprint density at radius 2 is 2.00 bits per heavy atom. The second-order valence-electron chi connectivity index (χ2n) is 7.45. The lowest BCUT2D eigenvalue weighted by Gasteiger charge is -2.40. The molecule has 3 rings (SSSR count). The molecule has 0 radical (unpaired) electrons. The van der Waals surface area contributed by atoms with Gasteiger partial charge in [0, 0.05) is 37.8 Å². The van der Waals surface area contributed by atoms with E-state index in [0.717, 1.165) is 5.56 Å². The number of carbonyl (C=O) groups is 3. The molecule has 1 aromatic carbocycles. The molecule has 0 saturated heterocycles. The van der Waals surface area contributed by atoms with E-state index in [1.807, 2.05) is 12.1 Å². The summed E-state index contributed by atoms with van der Waals surface area (Å²) in [6.45, 7) is 1.64. The zero-order valence-corrected chi connectivity index (χ0v) is 17.6. The van der Waals surface area contributed by atoms with Gasteiger partial charge < -0.3 is 29.9 Å². The molecule has 31 heavy (non-hydrogen) atoms. The van der Waals surface area contributed by atoms with Gasteiger partial charge in [0.05, 0.1) is 25.2 Å². The van der Waals surface area contributed by atoms with Crippen LogP contribution >= 0.6 is 0 Å². The number of aliphatic hydroxyl groups is 2. The van der Waals surface area contributed by atoms with Crippen molar-refractivity contribution in [3.8, 4) is 5.75 Å². The van der Waals surface area contributed by atoms with Gasteiger partial charge in [0.2, 0.25) is 11.7 Å². The van der Waals surface area contributed by atoms with E-state index in [4.69, 9.17) is 14.6 Å². The number of hydrogen-bond acceptors (Lipinski definition) is 7. The van der Waals surface area contributed by atoms with E-state index in [1.54, 1.807) is 19.1 Å². The summed E-state index contributed by atoms with van der Waals surface area (Å²) in [5.74, 6) is -1.76. The van der Waals surface area contributed by atoms with Gasteiger partial charge in [-0.2, -0.15) is 0 Å². The van der Waals surface area contributed by atoms with Crippen molar-refractivity contribution in [2.45, 2.75) is 37.5 Å². The predicted octanol–water partition coefficient (Wildman–Crippen LogP) is -0.237. The molecule has 1 heterocycles. The summed E-state index contributed by atoms with van der Waals surface area (Å²) >= 11 is 0. The van der Waals surface area contributed by atoms with Crippen molar-refractivity contribution in [1.82, 2.24) is 10.2 Å². The van der Waals surface area contributed by atoms with Gasteiger partial charge in [-0.15, -0.1) is 0 Å². The first-order valence-corrected chi connectivity index (χ1v) is 10.3. The van der Waals surface area contributed by atoms with Gasteiger partial charge in [-0.1, -0.05) is 25.1 Å². The van der Waals surface area contributed by atoms with E-state index in [-0.39, 0.29) is 32.7 Å². The Morgan fingerprint density at radius 3 is 2.68 bits per heavy atom. The molecule has 0 aromatic heterocycles. The maximum atomic E-state index is 12.9. The molecule has 4 atom stereocenters. The zero-order chi connectivity index (χ0) is 22.5. The van der Waals surface area contributed by atoms with Crippen molar-refractivity contribution < 1.29 is 34.1 Å². The Bertz CT molecular complexity index is 869. The number of ketones is 1. The number of methoxy groups -OCH3 is 1. The number of nitrogens with zero attached hydrogens (tertiary/aromatic N) is 1. The van der Waals surface area contributed by atoms with Crippen LogP contribution < -0.4 is 10.1 Å². The molecule has 0 spiro atoms. The predicted molar refractivity (Wildman–Crippen MR) is 110 cm³/mol. The van der Waals surface area contributed by atoms with E-state index in [0.29, 0.717) is 11.3 Å². The third kappa shape index (κ3) is 4.48. The van der Waals surface area contributed by atoms with Gasteiger partial charge in [-0.3, -0.25) is 14.4 Å². The van der Waals surface area contributed by atoms with E-state index in [2.05, 4.69) is 5.32 Å². The lowest BCUT2D eigenvalue weighted by Crippen LogP contribution is -2.57. The number of fused-ring (bicyclic) bond motifs is 3. The molecule has 0 fully saturated rings. The van der Waals surface area contributed by atoms with Crippen molar-refractivity contribution in [2.75, 3.05) is 33.4 Å². The topological polar surface area (TPSA) is 125 Å². The monoisotopic (exact) mass is 432 g/mol. The first-order chi connectivity index (χ1) is 14.9. The van der Waals surface area contributed by atoms with Crippen LogP contribution in [-0.2, 0) is 19.1 Å². The van der Waals surface area contributed by atoms with Crippen LogP contribution in [0.2, 0.25) is 0 Å². The molecule has 1 aromatic rings. The van der Waals surface area contributed by atoms with Crippen LogP contribution in [0.3, 0.4) is 0 Å². The molecule has 168 valence electrons. The zero-order valence-electron chi connectivity index (χ0n) is 17.6. The Morgan fingerprint density at radius 1 is 1.26 bits per heavy atom. The quantitative estimate of drug-likeness (QED) is 0.460. The summed E-state index contributed by atoms with van der Waals surface area (Å²) in [4.78, 5) is 39.1. The smallest absolute Gasteiger partial charge is 0.290 e. The maximum absolute atomic E-state index is 12.9. The average molecular weight is 432 g/mol. The minimum atomic E-state index is -1.17. The largest absolute Gasteiger partial charge is 0.486 e. The average Bonchev–Trinajstić information content (AvgIpc) is 3.18. The lowest BCUT2D eigenvalue weighted by molar-refractivity contribution is -0.148. The van der Waals surface area contributed by atoms with E-state index in [9.17, 15) is 19.5 Å². The summed E-state index contributed by atoms with van der Waals surface area (Å²) in [5, 5.41) is 22.9. The normalized spacial score (nSPS) is 23.8. The van der Waals surface area contributed by atoms with Crippen LogP contribution in [0.25, 0.3) is 0 Å². The van der Waals surface area contributed by atoms with Gasteiger partial charge in [-0.25, -0.2) is 0 Å². The third-order valence-electron chi connectivity index (χ3n) is 5.59. The van der Waals surface area contributed by atoms with E-state index < -0.39 is 41.8 Å². The van der Waals surface area contributed by atoms with Crippen molar-refractivity contribution in [1.29, 1.82) is 0 Å². The summed E-state index contributed by atoms with van der Waals surface area (Å²) < 4.78 is 11.1. The number of Topliss-reactive ketones (excluding diaryl/α,β-unsaturated/α-hetero) is 1. The Balaban J connectivity index is 2.04. The number of carbonyl (C=O) groups excluding carboxylic acids is 3. The number of nitrogens with one attached hydrogen (secondary N) is 1. The first-order valence-electron chi connectivity index (χ1n) is 10.3. The number of rotatable bonds is 9. The van der Waals surface area contributed by atoms with Crippen LogP contribution in [0.4, 0.5) is 0 Å². The van der Waals surface area contributed by atoms with Gasteiger partial charge in [0.15, 0.2) is 0 Å². The fraction of sp³-hybridized carbons (Fsp3) is 0.500. The number of benzene rings is 1. The van der Waals surface area contributed by atoms with Gasteiger partial charge in [-0.05, 0) is 12.1 Å². The van der Waals surface area contributed by atoms with Crippen LogP contribution in [0.1, 0.15) is 24.8 Å². The fourth-order valence-electron chi connectivity index (χ4n) is 4.08. The summed E-state index contributed by atoms with van der Waals surface area (Å²) in [6, 6.07) is 6.25. The minimum absolute atomic E-state index is 0.0205. The molecule has 9 heteroatoms. The van der Waals surface area contributed by atoms with Gasteiger partial charge >= 0.3 is 0 Å². The van der Waals surface area contributed by atoms with Crippen molar-refractivity contribution in [3.63, 3.8) is 0 Å². The van der Waals surface area contributed by atoms with E-state index in [1.165, 1.54) is 18.1 Å². The highest BCUT2D eigenvalue weighted by Gasteiger charge is 2.50. The molecule has 1 aliphatic heterocycles. The Kier molecular flexibility index (Phi) is 7.42. The van der Waals surface area contributed by atoms with Crippen LogP contribution in [0.5, 0.6) is 5.75 Å². The van der Waals surface area contributed by atoms with E-state index >= 15 is 0 Å². The second-order valence-corrected chi connectivity index (χ2v) is 7.45. The van der Waals surface area contributed by atoms with Crippen molar-refractivity contribution in [3.05, 3.63) is 41.5 Å². The SMILES string of the molecule is CCC(=O)C(=O)N(CCOC)C1C=C(C(=O)NCCO)C2c3ccccc3OC2C1O. The van der Waals surface area contributed by atoms with Crippen molar-refractivity contribution in [2.24, 2.45) is 0 Å². The second kappa shape index (κ2) is 10.0. The molecular formula is C22H28N2O7. The molecule has 0 bridgehead atoms. The summed E-state index contributed by atoms with van der Waals surface area (Å²) in [5.41, 5.74) is 1.08. The highest BCUT2D eigenvalue weighted by atomic mass is 16.5. The third-order valence-corrected chi connectivity index (χ3v) is 5.59. The molecule has 2 amide bonds. The Labute approximate surface area is 180 Å². The van der Waals surface area contributed by atoms with Gasteiger partial charge in [0.25, 0.3) is 5.91 Å². The summed E-state index contributed by atoms with van der Waals surface area (Å²) in [7, 11) is 1.47. The van der Waals surface area contributed by atoms with Crippen LogP contribution in [-0.4, -0.2) is 84.4 Å². The first kappa shape index (κ1) is 22.9. The minimum Gasteiger partial charge on any atom is -0.486 e. The number of hydrogen-bond donors (Lipinski definition) is 3. The van der Waals surface area contributed by atoms with Crippen molar-refractivity contribution >= 4 is 17.6 Å². The number of ether oxygens (including phenoxy) is 2.